The molecule has 4 N–H and O–H groups in total. The van der Waals surface area contributed by atoms with Gasteiger partial charge < -0.3 is 30.2 Å². The fourth-order valence-corrected chi connectivity index (χ4v) is 3.28. The molecule has 0 aliphatic rings. The lowest BCUT2D eigenvalue weighted by Crippen LogP contribution is -2.41. The Labute approximate surface area is 174 Å². The average molecular weight is 418 g/mol. The highest BCUT2D eigenvalue weighted by Gasteiger charge is 2.17. The van der Waals surface area contributed by atoms with Crippen LogP contribution in [0.15, 0.2) is 48.7 Å². The third kappa shape index (κ3) is 5.41. The molecule has 0 spiro atoms. The van der Waals surface area contributed by atoms with E-state index in [1.165, 1.54) is 0 Å². The number of benzene rings is 2. The first-order chi connectivity index (χ1) is 14.1. The number of hydrogen-bond donors (Lipinski definition) is 4. The normalized spacial score (nSPS) is 12.0. The number of aromatic nitrogens is 1. The molecule has 29 heavy (non-hydrogen) atoms. The van der Waals surface area contributed by atoms with Gasteiger partial charge in [-0.25, -0.2) is 4.79 Å². The topological polar surface area (TPSA) is 95.6 Å². The van der Waals surface area contributed by atoms with E-state index in [0.717, 1.165) is 16.5 Å². The van der Waals surface area contributed by atoms with Crippen molar-refractivity contribution in [2.45, 2.75) is 12.5 Å². The zero-order valence-electron chi connectivity index (χ0n) is 16.1. The minimum Gasteiger partial charge on any atom is -0.487 e. The van der Waals surface area contributed by atoms with E-state index in [1.54, 1.807) is 25.3 Å². The van der Waals surface area contributed by atoms with Gasteiger partial charge in [-0.15, -0.1) is 0 Å². The SMILES string of the molecule is COCCOc1c(Cl)cccc1NC(=O)NC(CO)Cc1c[nH]c2ccccc12. The monoisotopic (exact) mass is 417 g/mol. The number of aliphatic hydroxyl groups excluding tert-OH is 1. The number of carbonyl (C=O) groups is 1. The molecule has 2 amide bonds. The van der Waals surface area contributed by atoms with Crippen LogP contribution >= 0.6 is 11.6 Å². The number of carbonyl (C=O) groups excluding carboxylic acids is 1. The van der Waals surface area contributed by atoms with Crippen LogP contribution in [0.25, 0.3) is 10.9 Å². The van der Waals surface area contributed by atoms with Crippen LogP contribution in [0.2, 0.25) is 5.02 Å². The minimum absolute atomic E-state index is 0.195. The van der Waals surface area contributed by atoms with E-state index in [-0.39, 0.29) is 6.61 Å². The second-order valence-electron chi connectivity index (χ2n) is 6.50. The molecular weight excluding hydrogens is 394 g/mol. The van der Waals surface area contributed by atoms with Crippen LogP contribution in [-0.2, 0) is 11.2 Å². The highest BCUT2D eigenvalue weighted by atomic mass is 35.5. The second kappa shape index (κ2) is 10.2. The van der Waals surface area contributed by atoms with Gasteiger partial charge in [0, 0.05) is 24.2 Å². The predicted molar refractivity (Wildman–Crippen MR) is 114 cm³/mol. The van der Waals surface area contributed by atoms with E-state index in [1.807, 2.05) is 30.5 Å². The van der Waals surface area contributed by atoms with Crippen LogP contribution in [0, 0.1) is 0 Å². The number of amides is 2. The van der Waals surface area contributed by atoms with Crippen molar-refractivity contribution in [2.75, 3.05) is 32.2 Å². The Kier molecular flexibility index (Phi) is 7.35. The van der Waals surface area contributed by atoms with E-state index >= 15 is 0 Å². The van der Waals surface area contributed by atoms with Gasteiger partial charge in [-0.3, -0.25) is 0 Å². The van der Waals surface area contributed by atoms with Crippen LogP contribution in [0.1, 0.15) is 5.56 Å². The maximum absolute atomic E-state index is 12.5. The van der Waals surface area contributed by atoms with E-state index < -0.39 is 12.1 Å². The van der Waals surface area contributed by atoms with E-state index in [2.05, 4.69) is 15.6 Å². The lowest BCUT2D eigenvalue weighted by Gasteiger charge is -2.18. The highest BCUT2D eigenvalue weighted by molar-refractivity contribution is 6.32. The van der Waals surface area contributed by atoms with Crippen molar-refractivity contribution in [1.82, 2.24) is 10.3 Å². The first kappa shape index (κ1) is 21.0. The molecule has 1 atom stereocenters. The molecule has 2 aromatic carbocycles. The number of anilines is 1. The molecule has 0 bridgehead atoms. The molecule has 154 valence electrons. The summed E-state index contributed by atoms with van der Waals surface area (Å²) in [5, 5.41) is 16.7. The Bertz CT molecular complexity index is 960. The van der Waals surface area contributed by atoms with Gasteiger partial charge in [-0.2, -0.15) is 0 Å². The molecule has 1 aromatic heterocycles. The molecule has 0 aliphatic heterocycles. The molecule has 0 radical (unpaired) electrons. The van der Waals surface area contributed by atoms with E-state index in [4.69, 9.17) is 21.1 Å². The average Bonchev–Trinajstić information content (AvgIpc) is 3.12. The molecule has 7 nitrogen and oxygen atoms in total. The fourth-order valence-electron chi connectivity index (χ4n) is 3.05. The van der Waals surface area contributed by atoms with Crippen LogP contribution < -0.4 is 15.4 Å². The first-order valence-electron chi connectivity index (χ1n) is 9.26. The van der Waals surface area contributed by atoms with Gasteiger partial charge in [0.2, 0.25) is 0 Å². The Balaban J connectivity index is 1.65. The number of para-hydroxylation sites is 2. The Morgan fingerprint density at radius 3 is 2.83 bits per heavy atom. The summed E-state index contributed by atoms with van der Waals surface area (Å²) in [6.45, 7) is 0.504. The largest absolute Gasteiger partial charge is 0.487 e. The van der Waals surface area contributed by atoms with Gasteiger partial charge in [0.25, 0.3) is 0 Å². The van der Waals surface area contributed by atoms with Crippen LogP contribution in [-0.4, -0.2) is 49.1 Å². The third-order valence-corrected chi connectivity index (χ3v) is 4.74. The standard InChI is InChI=1S/C21H24ClN3O4/c1-28-9-10-29-20-17(22)6-4-8-19(20)25-21(27)24-15(13-26)11-14-12-23-18-7-3-2-5-16(14)18/h2-8,12,15,23,26H,9-11,13H2,1H3,(H2,24,25,27). The van der Waals surface area contributed by atoms with E-state index in [9.17, 15) is 9.90 Å². The van der Waals surface area contributed by atoms with Crippen molar-refractivity contribution in [3.63, 3.8) is 0 Å². The lowest BCUT2D eigenvalue weighted by molar-refractivity contribution is 0.146. The molecular formula is C21H24ClN3O4. The maximum atomic E-state index is 12.5. The summed E-state index contributed by atoms with van der Waals surface area (Å²) in [5.74, 6) is 0.374. The van der Waals surface area contributed by atoms with Gasteiger partial charge in [-0.1, -0.05) is 35.9 Å². The van der Waals surface area contributed by atoms with Crippen molar-refractivity contribution in [3.8, 4) is 5.75 Å². The molecule has 1 heterocycles. The number of aromatic amines is 1. The number of fused-ring (bicyclic) bond motifs is 1. The maximum Gasteiger partial charge on any atom is 0.319 e. The molecule has 3 rings (SSSR count). The molecule has 0 fully saturated rings. The van der Waals surface area contributed by atoms with Gasteiger partial charge >= 0.3 is 6.03 Å². The van der Waals surface area contributed by atoms with Crippen LogP contribution in [0.4, 0.5) is 10.5 Å². The summed E-state index contributed by atoms with van der Waals surface area (Å²) < 4.78 is 10.6. The number of halogens is 1. The molecule has 8 heteroatoms. The number of nitrogens with one attached hydrogen (secondary N) is 3. The summed E-state index contributed by atoms with van der Waals surface area (Å²) in [6.07, 6.45) is 2.38. The quantitative estimate of drug-likeness (QED) is 0.400. The van der Waals surface area contributed by atoms with Crippen molar-refractivity contribution in [1.29, 1.82) is 0 Å². The number of H-pyrrole nitrogens is 1. The Morgan fingerprint density at radius 1 is 1.21 bits per heavy atom. The van der Waals surface area contributed by atoms with Gasteiger partial charge in [0.1, 0.15) is 6.61 Å². The Hall–Kier alpha value is -2.74. The predicted octanol–water partition coefficient (Wildman–Crippen LogP) is 3.57. The van der Waals surface area contributed by atoms with Gasteiger partial charge in [0.15, 0.2) is 5.75 Å². The van der Waals surface area contributed by atoms with Crippen LogP contribution in [0.5, 0.6) is 5.75 Å². The smallest absolute Gasteiger partial charge is 0.319 e. The summed E-state index contributed by atoms with van der Waals surface area (Å²) in [5.41, 5.74) is 2.47. The first-order valence-corrected chi connectivity index (χ1v) is 9.63. The number of aliphatic hydroxyl groups is 1. The molecule has 1 unspecified atom stereocenters. The Morgan fingerprint density at radius 2 is 2.03 bits per heavy atom. The zero-order chi connectivity index (χ0) is 20.6. The summed E-state index contributed by atoms with van der Waals surface area (Å²) >= 11 is 6.19. The number of rotatable bonds is 9. The van der Waals surface area contributed by atoms with Crippen molar-refractivity contribution < 1.29 is 19.4 Å². The highest BCUT2D eigenvalue weighted by Crippen LogP contribution is 2.32. The molecule has 3 aromatic rings. The molecule has 0 aliphatic carbocycles. The van der Waals surface area contributed by atoms with Gasteiger partial charge in [-0.05, 0) is 30.2 Å². The number of hydrogen-bond acceptors (Lipinski definition) is 4. The van der Waals surface area contributed by atoms with Crippen molar-refractivity contribution >= 4 is 34.2 Å². The number of urea groups is 1. The minimum atomic E-state index is -0.456. The third-order valence-electron chi connectivity index (χ3n) is 4.45. The molecule has 0 saturated heterocycles. The van der Waals surface area contributed by atoms with Crippen molar-refractivity contribution in [2.24, 2.45) is 0 Å². The summed E-state index contributed by atoms with van der Waals surface area (Å²) in [6, 6.07) is 12.1. The van der Waals surface area contributed by atoms with E-state index in [0.29, 0.717) is 36.1 Å². The van der Waals surface area contributed by atoms with Crippen molar-refractivity contribution in [3.05, 3.63) is 59.2 Å². The second-order valence-corrected chi connectivity index (χ2v) is 6.91. The molecule has 0 saturated carbocycles. The lowest BCUT2D eigenvalue weighted by atomic mass is 10.1. The number of ether oxygens (including phenoxy) is 2. The fraction of sp³-hybridized carbons (Fsp3) is 0.286. The summed E-state index contributed by atoms with van der Waals surface area (Å²) in [4.78, 5) is 15.7. The van der Waals surface area contributed by atoms with Crippen LogP contribution in [0.3, 0.4) is 0 Å². The number of methoxy groups -OCH3 is 1. The zero-order valence-corrected chi connectivity index (χ0v) is 16.8. The van der Waals surface area contributed by atoms with Gasteiger partial charge in [0.05, 0.1) is 30.0 Å². The summed E-state index contributed by atoms with van der Waals surface area (Å²) in [7, 11) is 1.57.